The molecule has 1 N–H and O–H groups in total. The third-order valence-electron chi connectivity index (χ3n) is 4.52. The van der Waals surface area contributed by atoms with Gasteiger partial charge in [0.15, 0.2) is 0 Å². The Hall–Kier alpha value is -0.130. The van der Waals surface area contributed by atoms with Gasteiger partial charge in [0.25, 0.3) is 0 Å². The Morgan fingerprint density at radius 2 is 2.17 bits per heavy atom. The van der Waals surface area contributed by atoms with E-state index in [1.54, 1.807) is 6.92 Å². The van der Waals surface area contributed by atoms with E-state index in [9.17, 15) is 13.5 Å². The van der Waals surface area contributed by atoms with Crippen LogP contribution < -0.4 is 0 Å². The van der Waals surface area contributed by atoms with Crippen molar-refractivity contribution < 1.29 is 13.5 Å². The number of fused-ring (bicyclic) bond motifs is 1. The van der Waals surface area contributed by atoms with Crippen molar-refractivity contribution in [1.29, 1.82) is 0 Å². The fourth-order valence-corrected chi connectivity index (χ4v) is 4.18. The SMILES string of the molecule is CCS(=O)(=O)CCCC1(O)CCN2CCCC2C1. The topological polar surface area (TPSA) is 57.6 Å². The molecule has 0 aromatic carbocycles. The highest BCUT2D eigenvalue weighted by molar-refractivity contribution is 7.91. The van der Waals surface area contributed by atoms with Crippen LogP contribution in [0.2, 0.25) is 0 Å². The van der Waals surface area contributed by atoms with Gasteiger partial charge in [-0.05, 0) is 45.1 Å². The standard InChI is InChI=1S/C13H25NO3S/c1-2-18(16,17)10-4-6-13(15)7-9-14-8-3-5-12(14)11-13/h12,15H,2-11H2,1H3. The summed E-state index contributed by atoms with van der Waals surface area (Å²) in [7, 11) is -2.89. The smallest absolute Gasteiger partial charge is 0.150 e. The van der Waals surface area contributed by atoms with Crippen molar-refractivity contribution >= 4 is 9.84 Å². The molecule has 0 bridgehead atoms. The summed E-state index contributed by atoms with van der Waals surface area (Å²) in [6.45, 7) is 3.83. The van der Waals surface area contributed by atoms with E-state index in [0.29, 0.717) is 18.9 Å². The van der Waals surface area contributed by atoms with Gasteiger partial charge in [-0.1, -0.05) is 6.92 Å². The Morgan fingerprint density at radius 1 is 1.39 bits per heavy atom. The zero-order valence-corrected chi connectivity index (χ0v) is 12.1. The molecule has 4 nitrogen and oxygen atoms in total. The van der Waals surface area contributed by atoms with Crippen molar-refractivity contribution in [3.8, 4) is 0 Å². The quantitative estimate of drug-likeness (QED) is 0.819. The summed E-state index contributed by atoms with van der Waals surface area (Å²) in [5.41, 5.74) is -0.616. The van der Waals surface area contributed by atoms with Crippen molar-refractivity contribution in [3.63, 3.8) is 0 Å². The molecule has 0 saturated carbocycles. The fraction of sp³-hybridized carbons (Fsp3) is 1.00. The van der Waals surface area contributed by atoms with Crippen LogP contribution in [-0.4, -0.2) is 54.7 Å². The molecular formula is C13H25NO3S. The van der Waals surface area contributed by atoms with Gasteiger partial charge < -0.3 is 10.0 Å². The van der Waals surface area contributed by atoms with Crippen LogP contribution in [0.15, 0.2) is 0 Å². The highest BCUT2D eigenvalue weighted by Crippen LogP contribution is 2.35. The first kappa shape index (κ1) is 14.3. The van der Waals surface area contributed by atoms with E-state index in [-0.39, 0.29) is 11.5 Å². The number of hydrogen-bond acceptors (Lipinski definition) is 4. The van der Waals surface area contributed by atoms with Crippen LogP contribution in [0.1, 0.15) is 45.4 Å². The summed E-state index contributed by atoms with van der Waals surface area (Å²) in [6.07, 6.45) is 5.30. The molecule has 2 unspecified atom stereocenters. The molecule has 0 amide bonds. The molecule has 2 aliphatic heterocycles. The molecule has 106 valence electrons. The number of aliphatic hydroxyl groups is 1. The number of sulfone groups is 1. The number of hydrogen-bond donors (Lipinski definition) is 1. The Kier molecular flexibility index (Phi) is 4.34. The average Bonchev–Trinajstić information content (AvgIpc) is 2.75. The van der Waals surface area contributed by atoms with E-state index >= 15 is 0 Å². The predicted molar refractivity (Wildman–Crippen MR) is 72.3 cm³/mol. The third-order valence-corrected chi connectivity index (χ3v) is 6.31. The maximum atomic E-state index is 11.4. The van der Waals surface area contributed by atoms with Gasteiger partial charge >= 0.3 is 0 Å². The minimum atomic E-state index is -2.89. The molecule has 0 aromatic rings. The van der Waals surface area contributed by atoms with E-state index in [1.807, 2.05) is 0 Å². The van der Waals surface area contributed by atoms with Crippen LogP contribution in [0.5, 0.6) is 0 Å². The zero-order chi connectivity index (χ0) is 13.2. The fourth-order valence-electron chi connectivity index (χ4n) is 3.31. The normalized spacial score (nSPS) is 33.6. The first-order valence-corrected chi connectivity index (χ1v) is 8.93. The molecule has 5 heteroatoms. The number of piperidine rings is 1. The van der Waals surface area contributed by atoms with E-state index in [2.05, 4.69) is 4.90 Å². The molecule has 2 rings (SSSR count). The molecule has 0 aromatic heterocycles. The Balaban J connectivity index is 1.81. The van der Waals surface area contributed by atoms with Crippen molar-refractivity contribution in [1.82, 2.24) is 4.90 Å². The van der Waals surface area contributed by atoms with Gasteiger partial charge in [0.1, 0.15) is 9.84 Å². The van der Waals surface area contributed by atoms with Crippen molar-refractivity contribution in [2.75, 3.05) is 24.6 Å². The highest BCUT2D eigenvalue weighted by atomic mass is 32.2. The lowest BCUT2D eigenvalue weighted by Gasteiger charge is -2.41. The van der Waals surface area contributed by atoms with Gasteiger partial charge in [-0.15, -0.1) is 0 Å². The second-order valence-corrected chi connectivity index (χ2v) is 8.32. The minimum Gasteiger partial charge on any atom is -0.390 e. The lowest BCUT2D eigenvalue weighted by Crippen LogP contribution is -2.47. The van der Waals surface area contributed by atoms with Gasteiger partial charge in [0.2, 0.25) is 0 Å². The largest absolute Gasteiger partial charge is 0.390 e. The average molecular weight is 275 g/mol. The molecule has 2 aliphatic rings. The van der Waals surface area contributed by atoms with Gasteiger partial charge in [-0.3, -0.25) is 0 Å². The Morgan fingerprint density at radius 3 is 2.89 bits per heavy atom. The lowest BCUT2D eigenvalue weighted by atomic mass is 9.83. The molecule has 0 aliphatic carbocycles. The summed E-state index contributed by atoms with van der Waals surface area (Å²) in [5.74, 6) is 0.433. The molecule has 2 heterocycles. The summed E-state index contributed by atoms with van der Waals surface area (Å²) in [6, 6.07) is 0.534. The lowest BCUT2D eigenvalue weighted by molar-refractivity contribution is -0.0421. The molecule has 2 saturated heterocycles. The van der Waals surface area contributed by atoms with Crippen LogP contribution in [0.3, 0.4) is 0 Å². The monoisotopic (exact) mass is 275 g/mol. The first-order valence-electron chi connectivity index (χ1n) is 7.11. The van der Waals surface area contributed by atoms with E-state index in [4.69, 9.17) is 0 Å². The van der Waals surface area contributed by atoms with Crippen molar-refractivity contribution in [2.45, 2.75) is 57.1 Å². The Bertz CT molecular complexity index is 382. The molecule has 2 fully saturated rings. The van der Waals surface area contributed by atoms with Crippen LogP contribution in [-0.2, 0) is 9.84 Å². The van der Waals surface area contributed by atoms with Crippen LogP contribution >= 0.6 is 0 Å². The third kappa shape index (κ3) is 3.45. The predicted octanol–water partition coefficient (Wildman–Crippen LogP) is 1.19. The molecule has 0 spiro atoms. The van der Waals surface area contributed by atoms with Crippen molar-refractivity contribution in [2.24, 2.45) is 0 Å². The zero-order valence-electron chi connectivity index (χ0n) is 11.3. The van der Waals surface area contributed by atoms with Gasteiger partial charge in [0, 0.05) is 18.3 Å². The van der Waals surface area contributed by atoms with E-state index in [1.165, 1.54) is 19.4 Å². The summed E-state index contributed by atoms with van der Waals surface area (Å²) in [4.78, 5) is 2.47. The molecule has 0 radical (unpaired) electrons. The second-order valence-electron chi connectivity index (χ2n) is 5.85. The van der Waals surface area contributed by atoms with Crippen molar-refractivity contribution in [3.05, 3.63) is 0 Å². The number of rotatable bonds is 5. The molecule has 2 atom stereocenters. The maximum absolute atomic E-state index is 11.4. The Labute approximate surface area is 110 Å². The minimum absolute atomic E-state index is 0.210. The van der Waals surface area contributed by atoms with Crippen LogP contribution in [0, 0.1) is 0 Å². The summed E-state index contributed by atoms with van der Waals surface area (Å²) in [5, 5.41) is 10.6. The van der Waals surface area contributed by atoms with Gasteiger partial charge in [-0.2, -0.15) is 0 Å². The van der Waals surface area contributed by atoms with Gasteiger partial charge in [-0.25, -0.2) is 8.42 Å². The highest BCUT2D eigenvalue weighted by Gasteiger charge is 2.39. The van der Waals surface area contributed by atoms with Crippen LogP contribution in [0.4, 0.5) is 0 Å². The van der Waals surface area contributed by atoms with Crippen LogP contribution in [0.25, 0.3) is 0 Å². The van der Waals surface area contributed by atoms with Gasteiger partial charge in [0.05, 0.1) is 11.4 Å². The van der Waals surface area contributed by atoms with E-state index in [0.717, 1.165) is 19.4 Å². The first-order chi connectivity index (χ1) is 8.44. The second kappa shape index (κ2) is 5.47. The van der Waals surface area contributed by atoms with E-state index < -0.39 is 15.4 Å². The maximum Gasteiger partial charge on any atom is 0.150 e. The number of nitrogens with zero attached hydrogens (tertiary/aromatic N) is 1. The molecular weight excluding hydrogens is 250 g/mol. The summed E-state index contributed by atoms with van der Waals surface area (Å²) < 4.78 is 22.9. The molecule has 18 heavy (non-hydrogen) atoms. The summed E-state index contributed by atoms with van der Waals surface area (Å²) >= 11 is 0.